The van der Waals surface area contributed by atoms with Gasteiger partial charge in [0, 0.05) is 0 Å². The van der Waals surface area contributed by atoms with Crippen molar-refractivity contribution >= 4 is 17.2 Å². The van der Waals surface area contributed by atoms with Crippen LogP contribution in [0.25, 0.3) is 0 Å². The van der Waals surface area contributed by atoms with Gasteiger partial charge in [-0.2, -0.15) is 0 Å². The van der Waals surface area contributed by atoms with Crippen LogP contribution < -0.4 is 10.5 Å². The molecule has 0 bridgehead atoms. The van der Waals surface area contributed by atoms with Gasteiger partial charge in [-0.3, -0.25) is 0 Å². The summed E-state index contributed by atoms with van der Waals surface area (Å²) in [5, 5.41) is 7.88. The molecule has 2 aromatic carbocycles. The summed E-state index contributed by atoms with van der Waals surface area (Å²) in [5.74, 6) is 1.74. The lowest BCUT2D eigenvalue weighted by molar-refractivity contribution is 0.358. The highest BCUT2D eigenvalue weighted by atomic mass is 32.1. The Kier molecular flexibility index (Phi) is 6.46. The summed E-state index contributed by atoms with van der Waals surface area (Å²) in [6, 6.07) is 19.5. The van der Waals surface area contributed by atoms with Crippen LogP contribution in [0.3, 0.4) is 0 Å². The van der Waals surface area contributed by atoms with Crippen molar-refractivity contribution in [3.63, 3.8) is 0 Å². The second-order valence-electron chi connectivity index (χ2n) is 3.35. The van der Waals surface area contributed by atoms with Crippen LogP contribution in [0.15, 0.2) is 60.7 Å². The van der Waals surface area contributed by atoms with Crippen molar-refractivity contribution in [3.05, 3.63) is 60.7 Å². The summed E-state index contributed by atoms with van der Waals surface area (Å²) in [6.07, 6.45) is 0. The molecule has 0 fully saturated rings. The van der Waals surface area contributed by atoms with Crippen LogP contribution >= 0.6 is 12.2 Å². The van der Waals surface area contributed by atoms with E-state index in [9.17, 15) is 0 Å². The van der Waals surface area contributed by atoms with Crippen LogP contribution in [-0.2, 0) is 0 Å². The number of hydrogen-bond acceptors (Lipinski definition) is 3. The highest BCUT2D eigenvalue weighted by Gasteiger charge is 1.92. The fraction of sp³-hybridized carbons (Fsp3) is 0.0714. The maximum Gasteiger partial charge on any atom is 0.127 e. The van der Waals surface area contributed by atoms with Crippen molar-refractivity contribution in [1.82, 2.24) is 0 Å². The van der Waals surface area contributed by atoms with E-state index in [2.05, 4.69) is 12.2 Å². The van der Waals surface area contributed by atoms with Crippen molar-refractivity contribution in [3.8, 4) is 11.5 Å². The minimum absolute atomic E-state index is 0.144. The van der Waals surface area contributed by atoms with Gasteiger partial charge in [0.2, 0.25) is 0 Å². The molecule has 0 aliphatic carbocycles. The Morgan fingerprint density at radius 1 is 0.944 bits per heavy atom. The monoisotopic (exact) mass is 261 g/mol. The number of para-hydroxylation sites is 2. The molecule has 0 saturated carbocycles. The van der Waals surface area contributed by atoms with Crippen LogP contribution in [0.2, 0.25) is 0 Å². The number of thiocarbonyl (C=S) groups is 1. The van der Waals surface area contributed by atoms with Gasteiger partial charge in [-0.15, -0.1) is 0 Å². The number of hydrogen-bond donors (Lipinski definition) is 2. The van der Waals surface area contributed by atoms with E-state index in [0.29, 0.717) is 0 Å². The minimum Gasteiger partial charge on any atom is -0.457 e. The Balaban J connectivity index is 0.000000280. The van der Waals surface area contributed by atoms with Gasteiger partial charge in [-0.25, -0.2) is 0 Å². The Bertz CT molecular complexity index is 422. The van der Waals surface area contributed by atoms with Crippen LogP contribution in [0, 0.1) is 0 Å². The van der Waals surface area contributed by atoms with E-state index in [-0.39, 0.29) is 11.6 Å². The van der Waals surface area contributed by atoms with Crippen molar-refractivity contribution in [1.29, 1.82) is 0 Å². The van der Waals surface area contributed by atoms with Gasteiger partial charge in [0.25, 0.3) is 0 Å². The lowest BCUT2D eigenvalue weighted by Gasteiger charge is -2.03. The molecule has 0 atom stereocenters. The predicted molar refractivity (Wildman–Crippen MR) is 76.8 cm³/mol. The summed E-state index contributed by atoms with van der Waals surface area (Å²) in [5.41, 5.74) is 4.77. The van der Waals surface area contributed by atoms with Gasteiger partial charge in [0.1, 0.15) is 11.5 Å². The molecule has 0 spiro atoms. The SMILES string of the molecule is NC(=S)CO.c1ccc(Oc2ccccc2)cc1. The Morgan fingerprint density at radius 3 is 1.56 bits per heavy atom. The van der Waals surface area contributed by atoms with Gasteiger partial charge >= 0.3 is 0 Å². The first kappa shape index (κ1) is 14.2. The van der Waals surface area contributed by atoms with Gasteiger partial charge < -0.3 is 15.6 Å². The standard InChI is InChI=1S/C12H10O.C2H5NOS/c1-3-7-11(8-4-1)13-12-9-5-2-6-10-12;3-2(5)1-4/h1-10H;4H,1H2,(H2,3,5). The molecule has 0 amide bonds. The maximum absolute atomic E-state index is 7.88. The first-order chi connectivity index (χ1) is 8.72. The summed E-state index contributed by atoms with van der Waals surface area (Å²) < 4.78 is 5.58. The third kappa shape index (κ3) is 5.98. The topological polar surface area (TPSA) is 55.5 Å². The van der Waals surface area contributed by atoms with Gasteiger partial charge in [-0.1, -0.05) is 48.6 Å². The molecule has 0 aliphatic heterocycles. The van der Waals surface area contributed by atoms with E-state index < -0.39 is 0 Å². The molecule has 0 saturated heterocycles. The van der Waals surface area contributed by atoms with Crippen LogP contribution in [0.4, 0.5) is 0 Å². The van der Waals surface area contributed by atoms with Crippen molar-refractivity contribution < 1.29 is 9.84 Å². The van der Waals surface area contributed by atoms with Crippen LogP contribution in [0.1, 0.15) is 0 Å². The Labute approximate surface area is 112 Å². The van der Waals surface area contributed by atoms with Crippen LogP contribution in [0.5, 0.6) is 11.5 Å². The predicted octanol–water partition coefficient (Wildman–Crippen LogP) is 2.74. The first-order valence-corrected chi connectivity index (χ1v) is 5.80. The Hall–Kier alpha value is -1.91. The number of nitrogens with two attached hydrogens (primary N) is 1. The Morgan fingerprint density at radius 2 is 1.28 bits per heavy atom. The van der Waals surface area contributed by atoms with E-state index in [0.717, 1.165) is 11.5 Å². The molecular formula is C14H15NO2S. The summed E-state index contributed by atoms with van der Waals surface area (Å²) in [4.78, 5) is 0.144. The largest absolute Gasteiger partial charge is 0.457 e. The third-order valence-corrected chi connectivity index (χ3v) is 2.01. The van der Waals surface area contributed by atoms with Gasteiger partial charge in [0.05, 0.1) is 11.6 Å². The highest BCUT2D eigenvalue weighted by Crippen LogP contribution is 2.19. The van der Waals surface area contributed by atoms with E-state index in [1.807, 2.05) is 60.7 Å². The van der Waals surface area contributed by atoms with E-state index in [1.165, 1.54) is 0 Å². The molecule has 3 N–H and O–H groups in total. The maximum atomic E-state index is 7.88. The molecular weight excluding hydrogens is 246 g/mol. The zero-order chi connectivity index (χ0) is 13.2. The third-order valence-electron chi connectivity index (χ3n) is 1.88. The molecule has 0 aromatic heterocycles. The second kappa shape index (κ2) is 8.22. The number of rotatable bonds is 3. The van der Waals surface area contributed by atoms with Gasteiger partial charge in [0.15, 0.2) is 0 Å². The zero-order valence-corrected chi connectivity index (χ0v) is 10.6. The number of aliphatic hydroxyl groups is 1. The average molecular weight is 261 g/mol. The van der Waals surface area contributed by atoms with E-state index in [1.54, 1.807) is 0 Å². The number of aliphatic hydroxyl groups excluding tert-OH is 1. The second-order valence-corrected chi connectivity index (χ2v) is 3.88. The summed E-state index contributed by atoms with van der Waals surface area (Å²) >= 11 is 4.22. The molecule has 0 radical (unpaired) electrons. The van der Waals surface area contributed by atoms with E-state index >= 15 is 0 Å². The lowest BCUT2D eigenvalue weighted by atomic mass is 10.3. The lowest BCUT2D eigenvalue weighted by Crippen LogP contribution is -2.11. The minimum atomic E-state index is -0.185. The van der Waals surface area contributed by atoms with Crippen LogP contribution in [-0.4, -0.2) is 16.7 Å². The van der Waals surface area contributed by atoms with Crippen molar-refractivity contribution in [2.45, 2.75) is 0 Å². The van der Waals surface area contributed by atoms with Crippen molar-refractivity contribution in [2.24, 2.45) is 5.73 Å². The number of ether oxygens (including phenoxy) is 1. The molecule has 0 heterocycles. The summed E-state index contributed by atoms with van der Waals surface area (Å²) in [7, 11) is 0. The molecule has 0 aliphatic rings. The average Bonchev–Trinajstić information content (AvgIpc) is 2.42. The molecule has 2 aromatic rings. The smallest absolute Gasteiger partial charge is 0.127 e. The quantitative estimate of drug-likeness (QED) is 0.834. The molecule has 94 valence electrons. The zero-order valence-electron chi connectivity index (χ0n) is 9.82. The van der Waals surface area contributed by atoms with Gasteiger partial charge in [-0.05, 0) is 24.3 Å². The highest BCUT2D eigenvalue weighted by molar-refractivity contribution is 7.80. The van der Waals surface area contributed by atoms with Crippen molar-refractivity contribution in [2.75, 3.05) is 6.61 Å². The normalized spacial score (nSPS) is 8.94. The molecule has 2 rings (SSSR count). The van der Waals surface area contributed by atoms with E-state index in [4.69, 9.17) is 15.6 Å². The fourth-order valence-corrected chi connectivity index (χ4v) is 1.11. The molecule has 18 heavy (non-hydrogen) atoms. The molecule has 4 heteroatoms. The number of benzene rings is 2. The fourth-order valence-electron chi connectivity index (χ4n) is 1.11. The summed E-state index contributed by atoms with van der Waals surface area (Å²) in [6.45, 7) is -0.185. The molecule has 3 nitrogen and oxygen atoms in total. The molecule has 0 unspecified atom stereocenters. The first-order valence-electron chi connectivity index (χ1n) is 5.39.